The van der Waals surface area contributed by atoms with Crippen LogP contribution in [-0.2, 0) is 14.1 Å². The normalized spacial score (nSPS) is 16.3. The Labute approximate surface area is 138 Å². The summed E-state index contributed by atoms with van der Waals surface area (Å²) in [7, 11) is 5.24. The fourth-order valence-corrected chi connectivity index (χ4v) is 1.91. The predicted molar refractivity (Wildman–Crippen MR) is 93.3 cm³/mol. The summed E-state index contributed by atoms with van der Waals surface area (Å²) < 4.78 is 17.0. The monoisotopic (exact) mass is 312 g/mol. The van der Waals surface area contributed by atoms with Gasteiger partial charge in [0.25, 0.3) is 0 Å². The Morgan fingerprint density at radius 3 is 1.95 bits per heavy atom. The molecule has 0 saturated carbocycles. The summed E-state index contributed by atoms with van der Waals surface area (Å²) in [6.45, 7) is 16.7. The molecule has 0 saturated heterocycles. The van der Waals surface area contributed by atoms with E-state index in [4.69, 9.17) is 14.1 Å². The Hall–Kier alpha value is -0.0301. The van der Waals surface area contributed by atoms with Gasteiger partial charge in [0, 0.05) is 19.0 Å². The van der Waals surface area contributed by atoms with Gasteiger partial charge in [-0.2, -0.15) is 0 Å². The maximum Gasteiger partial charge on any atom is 0.244 e. The van der Waals surface area contributed by atoms with Crippen molar-refractivity contribution in [2.75, 3.05) is 20.2 Å². The number of hydrogen-bond acceptors (Lipinski definition) is 4. The molecule has 0 spiro atoms. The van der Waals surface area contributed by atoms with Gasteiger partial charge in [-0.05, 0) is 41.0 Å². The van der Waals surface area contributed by atoms with Crippen molar-refractivity contribution in [1.82, 2.24) is 0 Å². The first-order valence-corrected chi connectivity index (χ1v) is 8.01. The van der Waals surface area contributed by atoms with Gasteiger partial charge >= 0.3 is 0 Å². The van der Waals surface area contributed by atoms with Gasteiger partial charge in [-0.25, -0.2) is 0 Å². The molecule has 6 heteroatoms. The molecule has 4 nitrogen and oxygen atoms in total. The van der Waals surface area contributed by atoms with Crippen LogP contribution < -0.4 is 0 Å². The van der Waals surface area contributed by atoms with Crippen LogP contribution in [0.15, 0.2) is 0 Å². The summed E-state index contributed by atoms with van der Waals surface area (Å²) in [6.07, 6.45) is 0.879. The Kier molecular flexibility index (Phi) is 8.17. The molecule has 0 aromatic carbocycles. The first kappa shape index (κ1) is 22.0. The van der Waals surface area contributed by atoms with E-state index < -0.39 is 11.2 Å². The predicted octanol–water partition coefficient (Wildman–Crippen LogP) is 2.61. The molecule has 1 unspecified atom stereocenters. The molecular weight excluding hydrogens is 278 g/mol. The standard InChI is InChI=1S/C16H34B2O4/c1-10-16(8,13(2,3)11-20-9)22-18-17-12-21-15(6,7)14(4,5)19/h19H,10-12H2,1-9H3. The zero-order valence-corrected chi connectivity index (χ0v) is 15.9. The Balaban J connectivity index is 4.34. The van der Waals surface area contributed by atoms with Crippen LogP contribution in [0.3, 0.4) is 0 Å². The summed E-state index contributed by atoms with van der Waals surface area (Å²) in [4.78, 5) is 0. The molecule has 1 N–H and O–H groups in total. The lowest BCUT2D eigenvalue weighted by Crippen LogP contribution is -2.49. The van der Waals surface area contributed by atoms with Crippen molar-refractivity contribution >= 4 is 14.5 Å². The van der Waals surface area contributed by atoms with Crippen molar-refractivity contribution in [2.24, 2.45) is 5.41 Å². The van der Waals surface area contributed by atoms with Gasteiger partial charge in [-0.3, -0.25) is 0 Å². The lowest BCUT2D eigenvalue weighted by Gasteiger charge is -2.44. The summed E-state index contributed by atoms with van der Waals surface area (Å²) in [5.74, 6) is 0. The van der Waals surface area contributed by atoms with Crippen molar-refractivity contribution < 1.29 is 19.2 Å². The van der Waals surface area contributed by atoms with E-state index in [-0.39, 0.29) is 11.0 Å². The minimum absolute atomic E-state index is 0.103. The van der Waals surface area contributed by atoms with E-state index in [9.17, 15) is 5.11 Å². The first-order valence-electron chi connectivity index (χ1n) is 8.01. The third kappa shape index (κ3) is 5.88. The molecule has 0 heterocycles. The van der Waals surface area contributed by atoms with E-state index in [1.165, 1.54) is 0 Å². The minimum Gasteiger partial charge on any atom is -0.446 e. The molecule has 0 aliphatic rings. The summed E-state index contributed by atoms with van der Waals surface area (Å²) in [5.41, 5.74) is -1.94. The van der Waals surface area contributed by atoms with Crippen molar-refractivity contribution in [3.8, 4) is 0 Å². The van der Waals surface area contributed by atoms with Gasteiger partial charge in [0.2, 0.25) is 7.37 Å². The molecule has 2 radical (unpaired) electrons. The Morgan fingerprint density at radius 2 is 1.55 bits per heavy atom. The molecule has 0 aromatic heterocycles. The fourth-order valence-electron chi connectivity index (χ4n) is 1.91. The molecule has 0 bridgehead atoms. The van der Waals surface area contributed by atoms with E-state index in [0.29, 0.717) is 13.1 Å². The molecule has 0 aliphatic heterocycles. The molecule has 1 atom stereocenters. The van der Waals surface area contributed by atoms with Crippen LogP contribution >= 0.6 is 0 Å². The topological polar surface area (TPSA) is 47.9 Å². The van der Waals surface area contributed by atoms with Crippen LogP contribution in [0.2, 0.25) is 0 Å². The highest BCUT2D eigenvalue weighted by Gasteiger charge is 2.40. The van der Waals surface area contributed by atoms with Gasteiger partial charge in [0.15, 0.2) is 0 Å². The van der Waals surface area contributed by atoms with E-state index in [1.54, 1.807) is 28.3 Å². The quantitative estimate of drug-likeness (QED) is 0.471. The van der Waals surface area contributed by atoms with Crippen LogP contribution in [0.1, 0.15) is 61.8 Å². The van der Waals surface area contributed by atoms with Gasteiger partial charge < -0.3 is 19.2 Å². The van der Waals surface area contributed by atoms with E-state index in [2.05, 4.69) is 27.7 Å². The molecule has 0 rings (SSSR count). The maximum atomic E-state index is 10.0. The molecule has 0 aliphatic carbocycles. The third-order valence-electron chi connectivity index (χ3n) is 5.05. The molecule has 0 aromatic rings. The van der Waals surface area contributed by atoms with Gasteiger partial charge in [0.05, 0.1) is 23.4 Å². The highest BCUT2D eigenvalue weighted by molar-refractivity contribution is 6.97. The van der Waals surface area contributed by atoms with Crippen molar-refractivity contribution in [2.45, 2.75) is 78.6 Å². The SMILES string of the molecule is CCC(C)(O[B][B]COC(C)(C)C(C)(C)O)C(C)(C)COC. The van der Waals surface area contributed by atoms with Gasteiger partial charge in [-0.1, -0.05) is 20.8 Å². The lowest BCUT2D eigenvalue weighted by atomic mass is 9.50. The highest BCUT2D eigenvalue weighted by Crippen LogP contribution is 2.36. The third-order valence-corrected chi connectivity index (χ3v) is 5.05. The smallest absolute Gasteiger partial charge is 0.244 e. The largest absolute Gasteiger partial charge is 0.446 e. The number of methoxy groups -OCH3 is 1. The van der Waals surface area contributed by atoms with Gasteiger partial charge in [0.1, 0.15) is 7.17 Å². The van der Waals surface area contributed by atoms with E-state index >= 15 is 0 Å². The second kappa shape index (κ2) is 8.18. The summed E-state index contributed by atoms with van der Waals surface area (Å²) in [5, 5.41) is 10.0. The first-order chi connectivity index (χ1) is 9.83. The number of aliphatic hydroxyl groups is 1. The Bertz CT molecular complexity index is 327. The molecule has 22 heavy (non-hydrogen) atoms. The fraction of sp³-hybridized carbons (Fsp3) is 1.00. The zero-order chi connectivity index (χ0) is 17.7. The van der Waals surface area contributed by atoms with Crippen LogP contribution in [0.25, 0.3) is 0 Å². The molecular formula is C16H34B2O4. The Morgan fingerprint density at radius 1 is 1.00 bits per heavy atom. The second-order valence-corrected chi connectivity index (χ2v) is 7.77. The van der Waals surface area contributed by atoms with Crippen LogP contribution in [-0.4, -0.2) is 56.7 Å². The summed E-state index contributed by atoms with van der Waals surface area (Å²) >= 11 is 0. The van der Waals surface area contributed by atoms with Crippen LogP contribution in [0, 0.1) is 5.41 Å². The molecule has 128 valence electrons. The van der Waals surface area contributed by atoms with E-state index in [0.717, 1.165) is 6.42 Å². The van der Waals surface area contributed by atoms with Crippen LogP contribution in [0.4, 0.5) is 0 Å². The maximum absolute atomic E-state index is 10.0. The molecule has 0 amide bonds. The van der Waals surface area contributed by atoms with Gasteiger partial charge in [-0.15, -0.1) is 0 Å². The van der Waals surface area contributed by atoms with E-state index in [1.807, 2.05) is 21.0 Å². The second-order valence-electron chi connectivity index (χ2n) is 7.77. The van der Waals surface area contributed by atoms with Crippen LogP contribution in [0.5, 0.6) is 0 Å². The number of ether oxygens (including phenoxy) is 2. The molecule has 0 fully saturated rings. The zero-order valence-electron chi connectivity index (χ0n) is 15.9. The van der Waals surface area contributed by atoms with Crippen molar-refractivity contribution in [3.63, 3.8) is 0 Å². The van der Waals surface area contributed by atoms with Crippen molar-refractivity contribution in [3.05, 3.63) is 0 Å². The summed E-state index contributed by atoms with van der Waals surface area (Å²) in [6, 6.07) is 0. The highest BCUT2D eigenvalue weighted by atomic mass is 16.5. The number of rotatable bonds is 11. The average Bonchev–Trinajstić information content (AvgIpc) is 2.36. The van der Waals surface area contributed by atoms with Crippen molar-refractivity contribution in [1.29, 1.82) is 0 Å². The minimum atomic E-state index is -0.903. The number of hydrogen-bond donors (Lipinski definition) is 1. The average molecular weight is 312 g/mol. The lowest BCUT2D eigenvalue weighted by molar-refractivity contribution is -0.135.